The maximum Gasteiger partial charge on any atom is 0.319 e. The quantitative estimate of drug-likeness (QED) is 0.125. The number of hydrogen-bond acceptors (Lipinski definition) is 1. The molecule has 0 aromatic heterocycles. The van der Waals surface area contributed by atoms with Crippen molar-refractivity contribution in [3.63, 3.8) is 0 Å². The Hall–Kier alpha value is -4.34. The van der Waals surface area contributed by atoms with Crippen molar-refractivity contribution in [3.05, 3.63) is 162 Å². The summed E-state index contributed by atoms with van der Waals surface area (Å²) in [6.45, 7) is 0. The molecule has 1 atom stereocenters. The molecule has 5 aromatic carbocycles. The smallest absolute Gasteiger partial charge is 0.301 e. The highest BCUT2D eigenvalue weighted by molar-refractivity contribution is 6.98. The number of benzene rings is 5. The number of halogens is 1. The van der Waals surface area contributed by atoms with Gasteiger partial charge in [0.25, 0.3) is 0 Å². The molecular weight excluding hydrogens is 471 g/mol. The fourth-order valence-corrected chi connectivity index (χ4v) is 8.37. The molecule has 0 radical (unpaired) electrons. The zero-order chi connectivity index (χ0) is 25.5. The van der Waals surface area contributed by atoms with Gasteiger partial charge in [0.15, 0.2) is 6.29 Å². The highest BCUT2D eigenvalue weighted by Gasteiger charge is 2.46. The van der Waals surface area contributed by atoms with Crippen LogP contribution in [0.5, 0.6) is 0 Å². The first kappa shape index (κ1) is 24.4. The second kappa shape index (κ2) is 11.1. The molecule has 1 unspecified atom stereocenters. The van der Waals surface area contributed by atoms with Gasteiger partial charge in [0.05, 0.1) is 0 Å². The number of hydrogen-bond donors (Lipinski definition) is 0. The van der Waals surface area contributed by atoms with Gasteiger partial charge in [-0.15, -0.1) is 0 Å². The van der Waals surface area contributed by atoms with E-state index in [1.807, 2.05) is 152 Å². The van der Waals surface area contributed by atoms with E-state index in [0.29, 0.717) is 5.56 Å². The van der Waals surface area contributed by atoms with Crippen LogP contribution in [0.3, 0.4) is 0 Å². The summed E-state index contributed by atoms with van der Waals surface area (Å²) < 4.78 is 17.9. The van der Waals surface area contributed by atoms with Gasteiger partial charge in [-0.2, -0.15) is 0 Å². The number of carbonyl (C=O) groups is 1. The van der Waals surface area contributed by atoms with Crippen LogP contribution in [-0.4, -0.2) is 14.7 Å². The fraction of sp³-hybridized carbons (Fsp3) is 0.0294. The topological polar surface area (TPSA) is 17.1 Å². The zero-order valence-corrected chi connectivity index (χ0v) is 21.4. The molecule has 0 fully saturated rings. The molecule has 0 aliphatic heterocycles. The van der Waals surface area contributed by atoms with Crippen molar-refractivity contribution in [1.29, 1.82) is 0 Å². The summed E-state index contributed by atoms with van der Waals surface area (Å²) in [5.41, 5.74) is 3.85. The monoisotopic (exact) mass is 498 g/mol. The summed E-state index contributed by atoms with van der Waals surface area (Å²) in [4.78, 5) is 11.7. The minimum absolute atomic E-state index is 0.465. The van der Waals surface area contributed by atoms with Crippen LogP contribution in [0.25, 0.3) is 17.2 Å². The van der Waals surface area contributed by atoms with E-state index in [0.717, 1.165) is 38.9 Å². The summed E-state index contributed by atoms with van der Waals surface area (Å²) >= 11 is 0. The molecule has 3 heteroatoms. The Morgan fingerprint density at radius 1 is 0.541 bits per heavy atom. The maximum absolute atomic E-state index is 17.9. The van der Waals surface area contributed by atoms with Gasteiger partial charge in [0.2, 0.25) is 0 Å². The molecule has 0 aliphatic rings. The third-order valence-corrected chi connectivity index (χ3v) is 10.5. The van der Waals surface area contributed by atoms with Crippen LogP contribution in [0.15, 0.2) is 146 Å². The van der Waals surface area contributed by atoms with Gasteiger partial charge >= 0.3 is 8.41 Å². The molecule has 0 amide bonds. The number of rotatable bonds is 8. The Bertz CT molecular complexity index is 1460. The lowest BCUT2D eigenvalue weighted by Crippen LogP contribution is -2.59. The lowest BCUT2D eigenvalue weighted by atomic mass is 9.95. The summed E-state index contributed by atoms with van der Waals surface area (Å²) in [5.74, 6) is 0. The molecule has 0 saturated carbocycles. The predicted octanol–water partition coefficient (Wildman–Crippen LogP) is 7.23. The third-order valence-electron chi connectivity index (χ3n) is 6.78. The van der Waals surface area contributed by atoms with E-state index in [-0.39, 0.29) is 0 Å². The van der Waals surface area contributed by atoms with Crippen molar-refractivity contribution in [2.75, 3.05) is 0 Å². The van der Waals surface area contributed by atoms with Crippen LogP contribution in [0, 0.1) is 0 Å². The first-order chi connectivity index (χ1) is 18.2. The van der Waals surface area contributed by atoms with E-state index in [1.165, 1.54) is 0 Å². The zero-order valence-electron chi connectivity index (χ0n) is 20.4. The lowest BCUT2D eigenvalue weighted by Gasteiger charge is -2.31. The summed E-state index contributed by atoms with van der Waals surface area (Å²) in [6.07, 6.45) is 4.92. The molecule has 0 saturated heterocycles. The molecule has 180 valence electrons. The van der Waals surface area contributed by atoms with Crippen molar-refractivity contribution < 1.29 is 8.90 Å². The Morgan fingerprint density at radius 3 is 1.51 bits per heavy atom. The molecular formula is C34H27FOSi. The van der Waals surface area contributed by atoms with Crippen LogP contribution in [0.4, 0.5) is 4.11 Å². The van der Waals surface area contributed by atoms with Gasteiger partial charge in [0, 0.05) is 11.1 Å². The van der Waals surface area contributed by atoms with Crippen LogP contribution < -0.4 is 10.4 Å². The summed E-state index contributed by atoms with van der Waals surface area (Å²) in [5, 5.41) is 1.47. The first-order valence-corrected chi connectivity index (χ1v) is 14.3. The molecule has 0 heterocycles. The highest BCUT2D eigenvalue weighted by Crippen LogP contribution is 2.33. The Kier molecular flexibility index (Phi) is 7.34. The molecule has 0 N–H and O–H groups in total. The van der Waals surface area contributed by atoms with Crippen LogP contribution >= 0.6 is 0 Å². The van der Waals surface area contributed by atoms with Crippen molar-refractivity contribution in [1.82, 2.24) is 0 Å². The molecule has 5 rings (SSSR count). The number of carbonyl (C=O) groups excluding carboxylic acids is 1. The van der Waals surface area contributed by atoms with Crippen LogP contribution in [0.2, 0.25) is 0 Å². The minimum atomic E-state index is -3.78. The van der Waals surface area contributed by atoms with E-state index in [4.69, 9.17) is 0 Å². The Labute approximate surface area is 218 Å². The molecule has 0 spiro atoms. The Balaban J connectivity index is 1.69. The summed E-state index contributed by atoms with van der Waals surface area (Å²) in [6, 6.07) is 44.6. The summed E-state index contributed by atoms with van der Waals surface area (Å²) in [7, 11) is -3.78. The van der Waals surface area contributed by atoms with Crippen LogP contribution in [-0.2, 0) is 0 Å². The van der Waals surface area contributed by atoms with Gasteiger partial charge in [-0.3, -0.25) is 4.79 Å². The van der Waals surface area contributed by atoms with Crippen molar-refractivity contribution in [2.24, 2.45) is 0 Å². The van der Waals surface area contributed by atoms with Gasteiger partial charge in [0.1, 0.15) is 0 Å². The van der Waals surface area contributed by atoms with Crippen molar-refractivity contribution in [2.45, 2.75) is 5.54 Å². The standard InChI is InChI=1S/C34H27FOSi/c35-37(30-18-6-2-7-19-30,31-20-8-3-9-21-31)34(28-15-4-1-5-16-28)25-24-27-14-10-12-22-32(27)33-23-13-11-17-29(33)26-36/h1-26,34H/b25-24+. The number of allylic oxidation sites excluding steroid dienone is 1. The highest BCUT2D eigenvalue weighted by atomic mass is 28.4. The second-order valence-electron chi connectivity index (χ2n) is 8.98. The van der Waals surface area contributed by atoms with Crippen molar-refractivity contribution in [3.8, 4) is 11.1 Å². The van der Waals surface area contributed by atoms with E-state index in [2.05, 4.69) is 0 Å². The van der Waals surface area contributed by atoms with Gasteiger partial charge in [-0.05, 0) is 32.6 Å². The maximum atomic E-state index is 17.9. The minimum Gasteiger partial charge on any atom is -0.301 e. The van der Waals surface area contributed by atoms with E-state index in [1.54, 1.807) is 0 Å². The molecule has 5 aromatic rings. The lowest BCUT2D eigenvalue weighted by molar-refractivity contribution is 0.112. The normalized spacial score (nSPS) is 12.4. The fourth-order valence-electron chi connectivity index (χ4n) is 4.95. The van der Waals surface area contributed by atoms with Crippen molar-refractivity contribution >= 4 is 31.1 Å². The largest absolute Gasteiger partial charge is 0.319 e. The number of aldehydes is 1. The average molecular weight is 499 g/mol. The van der Waals surface area contributed by atoms with E-state index < -0.39 is 13.9 Å². The molecule has 1 nitrogen and oxygen atoms in total. The Morgan fingerprint density at radius 2 is 0.973 bits per heavy atom. The molecule has 0 aliphatic carbocycles. The predicted molar refractivity (Wildman–Crippen MR) is 154 cm³/mol. The second-order valence-corrected chi connectivity index (χ2v) is 12.2. The van der Waals surface area contributed by atoms with Gasteiger partial charge < -0.3 is 4.11 Å². The van der Waals surface area contributed by atoms with E-state index >= 15 is 4.11 Å². The van der Waals surface area contributed by atoms with Gasteiger partial charge in [-0.1, -0.05) is 152 Å². The molecule has 37 heavy (non-hydrogen) atoms. The average Bonchev–Trinajstić information content (AvgIpc) is 2.98. The van der Waals surface area contributed by atoms with Crippen LogP contribution in [0.1, 0.15) is 27.0 Å². The van der Waals surface area contributed by atoms with E-state index in [9.17, 15) is 4.79 Å². The SMILES string of the molecule is O=Cc1ccccc1-c1ccccc1/C=C/C(c1ccccc1)[Si](F)(c1ccccc1)c1ccccc1. The van der Waals surface area contributed by atoms with Gasteiger partial charge in [-0.25, -0.2) is 0 Å². The third kappa shape index (κ3) is 5.00. The molecule has 0 bridgehead atoms. The first-order valence-electron chi connectivity index (χ1n) is 12.4.